The van der Waals surface area contributed by atoms with Gasteiger partial charge < -0.3 is 9.30 Å². The van der Waals surface area contributed by atoms with Gasteiger partial charge in [0.2, 0.25) is 0 Å². The van der Waals surface area contributed by atoms with Crippen LogP contribution in [0.4, 0.5) is 0 Å². The fraction of sp³-hybridized carbons (Fsp3) is 0.417. The van der Waals surface area contributed by atoms with Gasteiger partial charge in [0.05, 0.1) is 11.4 Å². The monoisotopic (exact) mass is 235 g/mol. The molecule has 0 N–H and O–H groups in total. The molecule has 3 atom stereocenters. The lowest BCUT2D eigenvalue weighted by Gasteiger charge is -2.17. The van der Waals surface area contributed by atoms with E-state index in [2.05, 4.69) is 0 Å². The summed E-state index contributed by atoms with van der Waals surface area (Å²) in [5, 5.41) is 0. The van der Waals surface area contributed by atoms with Crippen molar-refractivity contribution < 1.29 is 19.1 Å². The van der Waals surface area contributed by atoms with E-state index in [0.29, 0.717) is 24.0 Å². The highest BCUT2D eigenvalue weighted by Gasteiger charge is 2.42. The fourth-order valence-corrected chi connectivity index (χ4v) is 2.17. The number of hydrogen-bond acceptors (Lipinski definition) is 4. The van der Waals surface area contributed by atoms with Crippen molar-refractivity contribution in [2.75, 3.05) is 0 Å². The smallest absolute Gasteiger partial charge is 0.329 e. The van der Waals surface area contributed by atoms with E-state index in [4.69, 9.17) is 4.74 Å². The topological polar surface area (TPSA) is 65.4 Å². The van der Waals surface area contributed by atoms with Crippen LogP contribution in [-0.2, 0) is 9.53 Å². The number of aromatic nitrogens is 1. The van der Waals surface area contributed by atoms with Gasteiger partial charge in [0, 0.05) is 5.92 Å². The minimum Gasteiger partial charge on any atom is -0.461 e. The summed E-state index contributed by atoms with van der Waals surface area (Å²) in [6.07, 6.45) is 1.06. The van der Waals surface area contributed by atoms with Crippen LogP contribution in [0.3, 0.4) is 0 Å². The van der Waals surface area contributed by atoms with Gasteiger partial charge in [-0.3, -0.25) is 9.59 Å². The van der Waals surface area contributed by atoms with Crippen molar-refractivity contribution in [3.05, 3.63) is 23.5 Å². The van der Waals surface area contributed by atoms with Crippen LogP contribution < -0.4 is 0 Å². The van der Waals surface area contributed by atoms with Gasteiger partial charge >= 0.3 is 5.97 Å². The maximum Gasteiger partial charge on any atom is 0.329 e. The van der Waals surface area contributed by atoms with Gasteiger partial charge in [-0.05, 0) is 19.1 Å². The summed E-state index contributed by atoms with van der Waals surface area (Å²) in [4.78, 5) is 33.6. The molecule has 90 valence electrons. The third-order valence-electron chi connectivity index (χ3n) is 3.28. The van der Waals surface area contributed by atoms with Gasteiger partial charge in [0.15, 0.2) is 12.6 Å². The van der Waals surface area contributed by atoms with Crippen LogP contribution in [-0.4, -0.2) is 29.2 Å². The van der Waals surface area contributed by atoms with Gasteiger partial charge in [0.1, 0.15) is 12.1 Å². The number of hydrogen-bond donors (Lipinski definition) is 0. The summed E-state index contributed by atoms with van der Waals surface area (Å²) in [5.74, 6) is -0.472. The van der Waals surface area contributed by atoms with Crippen molar-refractivity contribution >= 4 is 18.5 Å². The highest BCUT2D eigenvalue weighted by molar-refractivity contribution is 5.84. The first-order valence-corrected chi connectivity index (χ1v) is 5.42. The average Bonchev–Trinajstić information content (AvgIpc) is 2.81. The van der Waals surface area contributed by atoms with Crippen molar-refractivity contribution in [3.8, 4) is 0 Å². The lowest BCUT2D eigenvalue weighted by molar-refractivity contribution is -0.143. The molecule has 5 heteroatoms. The number of nitrogens with zero attached hydrogens (tertiary/aromatic N) is 1. The molecule has 0 bridgehead atoms. The van der Waals surface area contributed by atoms with E-state index in [1.807, 2.05) is 6.92 Å². The molecule has 0 spiro atoms. The molecule has 0 aliphatic carbocycles. The Kier molecular flexibility index (Phi) is 2.83. The van der Waals surface area contributed by atoms with E-state index in [0.717, 1.165) is 0 Å². The maximum atomic E-state index is 11.8. The molecule has 2 rings (SSSR count). The average molecular weight is 235 g/mol. The Morgan fingerprint density at radius 3 is 2.06 bits per heavy atom. The number of ether oxygens (including phenoxy) is 1. The molecule has 1 saturated heterocycles. The summed E-state index contributed by atoms with van der Waals surface area (Å²) < 4.78 is 6.57. The zero-order valence-electron chi connectivity index (χ0n) is 9.62. The fourth-order valence-electron chi connectivity index (χ4n) is 2.17. The molecule has 1 aromatic heterocycles. The second kappa shape index (κ2) is 4.16. The molecule has 1 fully saturated rings. The summed E-state index contributed by atoms with van der Waals surface area (Å²) in [5.41, 5.74) is 0.630. The number of carbonyl (C=O) groups excluding carboxylic acids is 3. The van der Waals surface area contributed by atoms with Gasteiger partial charge in [-0.15, -0.1) is 0 Å². The van der Waals surface area contributed by atoms with Crippen LogP contribution in [0.5, 0.6) is 0 Å². The maximum absolute atomic E-state index is 11.8. The predicted octanol–water partition coefficient (Wildman–Crippen LogP) is 1.24. The second-order valence-electron chi connectivity index (χ2n) is 4.23. The zero-order valence-corrected chi connectivity index (χ0v) is 9.62. The first-order valence-electron chi connectivity index (χ1n) is 5.42. The molecule has 17 heavy (non-hydrogen) atoms. The SMILES string of the molecule is C[C@H]1[C@H](n2c(C=O)ccc2C=O)C(=O)O[C@@H]1C. The van der Waals surface area contributed by atoms with Crippen molar-refractivity contribution in [2.24, 2.45) is 5.92 Å². The molecule has 5 nitrogen and oxygen atoms in total. The quantitative estimate of drug-likeness (QED) is 0.584. The van der Waals surface area contributed by atoms with Crippen molar-refractivity contribution in [1.82, 2.24) is 4.57 Å². The molecule has 2 heterocycles. The van der Waals surface area contributed by atoms with Crippen LogP contribution in [0.25, 0.3) is 0 Å². The summed E-state index contributed by atoms with van der Waals surface area (Å²) in [7, 11) is 0. The van der Waals surface area contributed by atoms with Gasteiger partial charge in [-0.1, -0.05) is 6.92 Å². The highest BCUT2D eigenvalue weighted by Crippen LogP contribution is 2.33. The third-order valence-corrected chi connectivity index (χ3v) is 3.28. The molecule has 0 radical (unpaired) electrons. The van der Waals surface area contributed by atoms with Crippen LogP contribution in [0.1, 0.15) is 40.9 Å². The van der Waals surface area contributed by atoms with E-state index in [9.17, 15) is 14.4 Å². The number of esters is 1. The highest BCUT2D eigenvalue weighted by atomic mass is 16.6. The van der Waals surface area contributed by atoms with E-state index >= 15 is 0 Å². The predicted molar refractivity (Wildman–Crippen MR) is 59.0 cm³/mol. The summed E-state index contributed by atoms with van der Waals surface area (Å²) in [6.45, 7) is 3.66. The molecule has 0 unspecified atom stereocenters. The van der Waals surface area contributed by atoms with Gasteiger partial charge in [-0.25, -0.2) is 4.79 Å². The second-order valence-corrected chi connectivity index (χ2v) is 4.23. The van der Waals surface area contributed by atoms with Gasteiger partial charge in [0.25, 0.3) is 0 Å². The molecule has 0 aromatic carbocycles. The van der Waals surface area contributed by atoms with E-state index in [1.165, 1.54) is 16.7 Å². The first kappa shape index (κ1) is 11.6. The van der Waals surface area contributed by atoms with Crippen molar-refractivity contribution in [3.63, 3.8) is 0 Å². The lowest BCUT2D eigenvalue weighted by Crippen LogP contribution is -2.23. The Morgan fingerprint density at radius 1 is 1.18 bits per heavy atom. The Bertz CT molecular complexity index is 451. The standard InChI is InChI=1S/C12H13NO4/c1-7-8(2)17-12(16)11(7)13-9(5-14)3-4-10(13)6-15/h3-8,11H,1-2H3/t7-,8-,11+/m1/s1. The van der Waals surface area contributed by atoms with Crippen LogP contribution in [0, 0.1) is 5.92 Å². The molecule has 1 aromatic rings. The number of carbonyl (C=O) groups is 3. The first-order chi connectivity index (χ1) is 8.10. The lowest BCUT2D eigenvalue weighted by atomic mass is 9.99. The molecular weight excluding hydrogens is 222 g/mol. The molecule has 0 amide bonds. The Labute approximate surface area is 98.4 Å². The Balaban J connectivity index is 2.52. The van der Waals surface area contributed by atoms with Crippen molar-refractivity contribution in [1.29, 1.82) is 0 Å². The molecule has 0 saturated carbocycles. The van der Waals surface area contributed by atoms with Crippen molar-refractivity contribution in [2.45, 2.75) is 26.0 Å². The zero-order chi connectivity index (χ0) is 12.6. The van der Waals surface area contributed by atoms with E-state index in [1.54, 1.807) is 6.92 Å². The van der Waals surface area contributed by atoms with Crippen LogP contribution in [0.15, 0.2) is 12.1 Å². The number of aldehydes is 2. The summed E-state index contributed by atoms with van der Waals surface area (Å²) >= 11 is 0. The Morgan fingerprint density at radius 2 is 1.71 bits per heavy atom. The van der Waals surface area contributed by atoms with E-state index in [-0.39, 0.29) is 12.0 Å². The molecular formula is C12H13NO4. The van der Waals surface area contributed by atoms with Crippen LogP contribution in [0.2, 0.25) is 0 Å². The normalized spacial score (nSPS) is 27.9. The minimum absolute atomic E-state index is 0.0766. The number of rotatable bonds is 3. The van der Waals surface area contributed by atoms with E-state index < -0.39 is 12.0 Å². The summed E-state index contributed by atoms with van der Waals surface area (Å²) in [6, 6.07) is 2.46. The third kappa shape index (κ3) is 1.67. The van der Waals surface area contributed by atoms with Gasteiger partial charge in [-0.2, -0.15) is 0 Å². The van der Waals surface area contributed by atoms with Crippen LogP contribution >= 0.6 is 0 Å². The molecule has 1 aliphatic rings. The largest absolute Gasteiger partial charge is 0.461 e. The number of cyclic esters (lactones) is 1. The minimum atomic E-state index is -0.597. The molecule has 1 aliphatic heterocycles. The Hall–Kier alpha value is -1.91.